The number of aromatic nitrogens is 1. The normalized spacial score (nSPS) is 16.1. The van der Waals surface area contributed by atoms with Gasteiger partial charge in [0, 0.05) is 17.5 Å². The Morgan fingerprint density at radius 2 is 1.74 bits per heavy atom. The quantitative estimate of drug-likeness (QED) is 0.469. The van der Waals surface area contributed by atoms with Crippen molar-refractivity contribution in [3.05, 3.63) is 41.7 Å². The first-order chi connectivity index (χ1) is 15.1. The number of methoxy groups -OCH3 is 3. The van der Waals surface area contributed by atoms with Crippen molar-refractivity contribution in [1.82, 2.24) is 4.98 Å². The van der Waals surface area contributed by atoms with Gasteiger partial charge in [0.05, 0.1) is 33.0 Å². The molecule has 0 N–H and O–H groups in total. The lowest BCUT2D eigenvalue weighted by atomic mass is 10.0. The van der Waals surface area contributed by atoms with E-state index >= 15 is 0 Å². The van der Waals surface area contributed by atoms with Crippen molar-refractivity contribution < 1.29 is 28.1 Å². The summed E-state index contributed by atoms with van der Waals surface area (Å²) in [7, 11) is 4.71. The highest BCUT2D eigenvalue weighted by molar-refractivity contribution is 6.32. The van der Waals surface area contributed by atoms with Crippen LogP contribution in [0.3, 0.4) is 0 Å². The average Bonchev–Trinajstić information content (AvgIpc) is 3.29. The molecule has 0 radical (unpaired) electrons. The summed E-state index contributed by atoms with van der Waals surface area (Å²) in [6.07, 6.45) is 4.05. The number of hydrogen-bond donors (Lipinski definition) is 0. The fourth-order valence-corrected chi connectivity index (χ4v) is 3.85. The van der Waals surface area contributed by atoms with Gasteiger partial charge in [-0.1, -0.05) is 11.6 Å². The largest absolute Gasteiger partial charge is 0.493 e. The molecule has 1 unspecified atom stereocenters. The second-order valence-electron chi connectivity index (χ2n) is 7.00. The van der Waals surface area contributed by atoms with E-state index < -0.39 is 0 Å². The molecule has 1 aliphatic heterocycles. The van der Waals surface area contributed by atoms with Gasteiger partial charge in [-0.3, -0.25) is 0 Å². The molecule has 2 heterocycles. The lowest BCUT2D eigenvalue weighted by Crippen LogP contribution is -2.25. The molecule has 0 saturated carbocycles. The van der Waals surface area contributed by atoms with E-state index in [0.717, 1.165) is 30.4 Å². The van der Waals surface area contributed by atoms with Gasteiger partial charge in [0.15, 0.2) is 41.4 Å². The standard InChI is InChI=1S/C23H24ClNO6/c1-26-17-8-7-14(11-18(17)31-20-6-4-5-9-29-20)22-21(25-13-30-22)15-10-16(24)23(28-3)19(12-15)27-2/h7-8,10-13,20H,4-6,9H2,1-3H3. The van der Waals surface area contributed by atoms with Gasteiger partial charge in [0.25, 0.3) is 0 Å². The van der Waals surface area contributed by atoms with Gasteiger partial charge < -0.3 is 28.1 Å². The van der Waals surface area contributed by atoms with E-state index in [-0.39, 0.29) is 6.29 Å². The van der Waals surface area contributed by atoms with Crippen molar-refractivity contribution in [2.24, 2.45) is 0 Å². The van der Waals surface area contributed by atoms with E-state index in [2.05, 4.69) is 4.98 Å². The minimum atomic E-state index is -0.295. The Morgan fingerprint density at radius 1 is 0.935 bits per heavy atom. The smallest absolute Gasteiger partial charge is 0.200 e. The third-order valence-electron chi connectivity index (χ3n) is 5.10. The Labute approximate surface area is 185 Å². The second kappa shape index (κ2) is 9.49. The van der Waals surface area contributed by atoms with Crippen molar-refractivity contribution in [3.8, 4) is 45.6 Å². The Bertz CT molecular complexity index is 1040. The summed E-state index contributed by atoms with van der Waals surface area (Å²) in [5.41, 5.74) is 2.14. The Kier molecular flexibility index (Phi) is 6.53. The van der Waals surface area contributed by atoms with Gasteiger partial charge in [-0.05, 0) is 43.2 Å². The van der Waals surface area contributed by atoms with Gasteiger partial charge in [0.2, 0.25) is 0 Å². The molecule has 164 valence electrons. The van der Waals surface area contributed by atoms with Crippen LogP contribution in [0.1, 0.15) is 19.3 Å². The fourth-order valence-electron chi connectivity index (χ4n) is 3.57. The summed E-state index contributed by atoms with van der Waals surface area (Å²) >= 11 is 6.39. The number of rotatable bonds is 7. The zero-order chi connectivity index (χ0) is 21.8. The summed E-state index contributed by atoms with van der Waals surface area (Å²) in [5.74, 6) is 2.74. The molecule has 0 amide bonds. The average molecular weight is 446 g/mol. The van der Waals surface area contributed by atoms with Crippen LogP contribution in [-0.4, -0.2) is 39.2 Å². The van der Waals surface area contributed by atoms with Crippen LogP contribution in [0.25, 0.3) is 22.6 Å². The van der Waals surface area contributed by atoms with Crippen LogP contribution in [0.2, 0.25) is 5.02 Å². The maximum Gasteiger partial charge on any atom is 0.200 e. The number of ether oxygens (including phenoxy) is 5. The van der Waals surface area contributed by atoms with Gasteiger partial charge in [-0.15, -0.1) is 0 Å². The number of benzene rings is 2. The number of oxazole rings is 1. The first kappa shape index (κ1) is 21.3. The summed E-state index contributed by atoms with van der Waals surface area (Å²) in [6, 6.07) is 9.16. The van der Waals surface area contributed by atoms with E-state index in [9.17, 15) is 0 Å². The first-order valence-electron chi connectivity index (χ1n) is 9.96. The molecule has 0 spiro atoms. The minimum absolute atomic E-state index is 0.295. The van der Waals surface area contributed by atoms with Crippen molar-refractivity contribution in [2.45, 2.75) is 25.6 Å². The van der Waals surface area contributed by atoms with Crippen LogP contribution < -0.4 is 18.9 Å². The maximum absolute atomic E-state index is 6.39. The molecule has 0 bridgehead atoms. The highest BCUT2D eigenvalue weighted by Gasteiger charge is 2.21. The molecule has 1 atom stereocenters. The Balaban J connectivity index is 1.71. The summed E-state index contributed by atoms with van der Waals surface area (Å²) in [6.45, 7) is 0.693. The van der Waals surface area contributed by atoms with Crippen LogP contribution in [0.5, 0.6) is 23.0 Å². The number of hydrogen-bond acceptors (Lipinski definition) is 7. The highest BCUT2D eigenvalue weighted by atomic mass is 35.5. The number of nitrogens with zero attached hydrogens (tertiary/aromatic N) is 1. The van der Waals surface area contributed by atoms with Gasteiger partial charge in [-0.2, -0.15) is 0 Å². The molecule has 1 aliphatic rings. The van der Waals surface area contributed by atoms with Crippen LogP contribution in [0.4, 0.5) is 0 Å². The SMILES string of the molecule is COc1ccc(-c2ocnc2-c2cc(Cl)c(OC)c(OC)c2)cc1OC1CCCCO1. The fraction of sp³-hybridized carbons (Fsp3) is 0.348. The van der Waals surface area contributed by atoms with E-state index in [4.69, 9.17) is 39.7 Å². The highest BCUT2D eigenvalue weighted by Crippen LogP contribution is 2.42. The predicted molar refractivity (Wildman–Crippen MR) is 116 cm³/mol. The van der Waals surface area contributed by atoms with Gasteiger partial charge in [-0.25, -0.2) is 4.98 Å². The van der Waals surface area contributed by atoms with Crippen molar-refractivity contribution in [3.63, 3.8) is 0 Å². The van der Waals surface area contributed by atoms with Crippen LogP contribution in [0, 0.1) is 0 Å². The molecule has 1 aromatic heterocycles. The van der Waals surface area contributed by atoms with Crippen molar-refractivity contribution in [1.29, 1.82) is 0 Å². The zero-order valence-corrected chi connectivity index (χ0v) is 18.4. The molecule has 4 rings (SSSR count). The topological polar surface area (TPSA) is 72.2 Å². The molecule has 8 heteroatoms. The van der Waals surface area contributed by atoms with E-state index in [1.165, 1.54) is 6.39 Å². The molecular formula is C23H24ClNO6. The molecule has 1 saturated heterocycles. The molecule has 3 aromatic rings. The molecular weight excluding hydrogens is 422 g/mol. The molecule has 31 heavy (non-hydrogen) atoms. The third kappa shape index (κ3) is 4.43. The van der Waals surface area contributed by atoms with E-state index in [1.54, 1.807) is 27.4 Å². The van der Waals surface area contributed by atoms with Crippen LogP contribution >= 0.6 is 11.6 Å². The molecule has 1 fully saturated rings. The van der Waals surface area contributed by atoms with E-state index in [0.29, 0.717) is 46.1 Å². The van der Waals surface area contributed by atoms with Gasteiger partial charge >= 0.3 is 0 Å². The predicted octanol–water partition coefficient (Wildman–Crippen LogP) is 5.59. The second-order valence-corrected chi connectivity index (χ2v) is 7.41. The lowest BCUT2D eigenvalue weighted by Gasteiger charge is -2.24. The molecule has 2 aromatic carbocycles. The minimum Gasteiger partial charge on any atom is -0.493 e. The van der Waals surface area contributed by atoms with Crippen molar-refractivity contribution in [2.75, 3.05) is 27.9 Å². The lowest BCUT2D eigenvalue weighted by molar-refractivity contribution is -0.106. The van der Waals surface area contributed by atoms with Crippen LogP contribution in [0.15, 0.2) is 41.1 Å². The molecule has 0 aliphatic carbocycles. The van der Waals surface area contributed by atoms with Crippen molar-refractivity contribution >= 4 is 11.6 Å². The summed E-state index contributed by atoms with van der Waals surface area (Å²) < 4.78 is 33.7. The van der Waals surface area contributed by atoms with Crippen LogP contribution in [-0.2, 0) is 4.74 Å². The third-order valence-corrected chi connectivity index (χ3v) is 5.38. The number of halogens is 1. The summed E-state index contributed by atoms with van der Waals surface area (Å²) in [5, 5.41) is 0.416. The Morgan fingerprint density at radius 3 is 2.45 bits per heavy atom. The Hall–Kier alpha value is -2.90. The first-order valence-corrected chi connectivity index (χ1v) is 10.3. The monoisotopic (exact) mass is 445 g/mol. The molecule has 7 nitrogen and oxygen atoms in total. The van der Waals surface area contributed by atoms with E-state index in [1.807, 2.05) is 24.3 Å². The van der Waals surface area contributed by atoms with Gasteiger partial charge in [0.1, 0.15) is 5.69 Å². The summed E-state index contributed by atoms with van der Waals surface area (Å²) in [4.78, 5) is 4.40. The zero-order valence-electron chi connectivity index (χ0n) is 17.6. The maximum atomic E-state index is 6.39.